The molecule has 41 heavy (non-hydrogen) atoms. The van der Waals surface area contributed by atoms with Gasteiger partial charge in [-0.15, -0.1) is 0 Å². The highest BCUT2D eigenvalue weighted by Gasteiger charge is 2.24. The standard InChI is InChI=1S/C29H34N8O3S/c1-20-9-11-24(12-10-20)41(39,40)37-17-13-25-26(31-23-8-5-14-30-19-23)34-28(35-27(25)37)32-21-6-4-7-22(18-21)33-29(38)36-15-2-3-16-36/h4,6-7,9-13,17-18,23,30H,2-3,5,8,14-16,19H2,1H3,(H,33,38)(H2,31,32,34,35)/t23-/m1/s1. The molecule has 0 spiro atoms. The van der Waals surface area contributed by atoms with Crippen molar-refractivity contribution in [3.8, 4) is 0 Å². The lowest BCUT2D eigenvalue weighted by Gasteiger charge is -2.24. The van der Waals surface area contributed by atoms with Crippen LogP contribution in [-0.2, 0) is 10.0 Å². The fourth-order valence-corrected chi connectivity index (χ4v) is 6.57. The molecule has 4 aromatic rings. The van der Waals surface area contributed by atoms with Crippen molar-refractivity contribution in [2.45, 2.75) is 43.5 Å². The summed E-state index contributed by atoms with van der Waals surface area (Å²) < 4.78 is 28.5. The second-order valence-electron chi connectivity index (χ2n) is 10.6. The number of piperidine rings is 1. The monoisotopic (exact) mass is 574 g/mol. The first-order chi connectivity index (χ1) is 19.9. The van der Waals surface area contributed by atoms with Crippen LogP contribution < -0.4 is 21.3 Å². The van der Waals surface area contributed by atoms with E-state index in [4.69, 9.17) is 4.98 Å². The lowest BCUT2D eigenvalue weighted by atomic mass is 10.1. The minimum atomic E-state index is -3.90. The summed E-state index contributed by atoms with van der Waals surface area (Å²) in [6.07, 6.45) is 5.57. The number of fused-ring (bicyclic) bond motifs is 1. The zero-order valence-corrected chi connectivity index (χ0v) is 23.7. The smallest absolute Gasteiger partial charge is 0.321 e. The Morgan fingerprint density at radius 3 is 2.54 bits per heavy atom. The molecule has 2 saturated heterocycles. The van der Waals surface area contributed by atoms with Gasteiger partial charge in [-0.05, 0) is 75.5 Å². The maximum absolute atomic E-state index is 13.7. The number of carbonyl (C=O) groups is 1. The third-order valence-electron chi connectivity index (χ3n) is 7.49. The van der Waals surface area contributed by atoms with Crippen LogP contribution in [0.3, 0.4) is 0 Å². The van der Waals surface area contributed by atoms with E-state index in [0.29, 0.717) is 22.6 Å². The summed E-state index contributed by atoms with van der Waals surface area (Å²) in [4.78, 5) is 24.0. The molecule has 4 heterocycles. The Balaban J connectivity index is 1.35. The number of rotatable bonds is 7. The number of nitrogens with zero attached hydrogens (tertiary/aromatic N) is 4. The van der Waals surface area contributed by atoms with Crippen molar-refractivity contribution in [2.75, 3.05) is 42.1 Å². The molecule has 0 radical (unpaired) electrons. The molecular weight excluding hydrogens is 540 g/mol. The summed E-state index contributed by atoms with van der Waals surface area (Å²) in [6, 6.07) is 15.8. The molecule has 2 aliphatic rings. The molecule has 2 amide bonds. The Bertz CT molecular complexity index is 1660. The lowest BCUT2D eigenvalue weighted by Crippen LogP contribution is -2.38. The van der Waals surface area contributed by atoms with Gasteiger partial charge < -0.3 is 26.2 Å². The van der Waals surface area contributed by atoms with Gasteiger partial charge in [-0.2, -0.15) is 9.97 Å². The molecule has 2 fully saturated rings. The van der Waals surface area contributed by atoms with E-state index < -0.39 is 10.0 Å². The van der Waals surface area contributed by atoms with Crippen LogP contribution in [0.2, 0.25) is 0 Å². The number of benzene rings is 2. The van der Waals surface area contributed by atoms with Crippen LogP contribution in [0.5, 0.6) is 0 Å². The number of hydrogen-bond acceptors (Lipinski definition) is 8. The largest absolute Gasteiger partial charge is 0.365 e. The van der Waals surface area contributed by atoms with Crippen LogP contribution >= 0.6 is 0 Å². The Morgan fingerprint density at radius 2 is 1.78 bits per heavy atom. The molecule has 0 bridgehead atoms. The van der Waals surface area contributed by atoms with Crippen LogP contribution in [0.25, 0.3) is 11.0 Å². The van der Waals surface area contributed by atoms with Gasteiger partial charge in [0.2, 0.25) is 5.95 Å². The van der Waals surface area contributed by atoms with Gasteiger partial charge in [0, 0.05) is 43.2 Å². The number of carbonyl (C=O) groups excluding carboxylic acids is 1. The van der Waals surface area contributed by atoms with Crippen LogP contribution in [0.15, 0.2) is 65.7 Å². The summed E-state index contributed by atoms with van der Waals surface area (Å²) in [5, 5.41) is 13.7. The zero-order chi connectivity index (χ0) is 28.4. The van der Waals surface area contributed by atoms with Crippen molar-refractivity contribution in [1.29, 1.82) is 0 Å². The number of anilines is 4. The molecule has 6 rings (SSSR count). The van der Waals surface area contributed by atoms with E-state index in [9.17, 15) is 13.2 Å². The van der Waals surface area contributed by atoms with Crippen molar-refractivity contribution in [3.63, 3.8) is 0 Å². The summed E-state index contributed by atoms with van der Waals surface area (Å²) in [6.45, 7) is 5.19. The Kier molecular flexibility index (Phi) is 7.50. The summed E-state index contributed by atoms with van der Waals surface area (Å²) >= 11 is 0. The highest BCUT2D eigenvalue weighted by molar-refractivity contribution is 7.90. The van der Waals surface area contributed by atoms with Gasteiger partial charge in [0.25, 0.3) is 10.0 Å². The van der Waals surface area contributed by atoms with Crippen LogP contribution in [-0.4, -0.2) is 65.5 Å². The second-order valence-corrected chi connectivity index (χ2v) is 12.4. The molecule has 214 valence electrons. The SMILES string of the molecule is Cc1ccc(S(=O)(=O)n2ccc3c(N[C@@H]4CCCNC4)nc(Nc4cccc(NC(=O)N5CCCC5)c4)nc32)cc1. The van der Waals surface area contributed by atoms with Gasteiger partial charge in [-0.25, -0.2) is 17.2 Å². The van der Waals surface area contributed by atoms with Crippen molar-refractivity contribution >= 4 is 50.2 Å². The highest BCUT2D eigenvalue weighted by atomic mass is 32.2. The van der Waals surface area contributed by atoms with Crippen molar-refractivity contribution in [1.82, 2.24) is 24.2 Å². The van der Waals surface area contributed by atoms with E-state index in [1.54, 1.807) is 35.2 Å². The van der Waals surface area contributed by atoms with E-state index in [0.717, 1.165) is 57.4 Å². The first-order valence-corrected chi connectivity index (χ1v) is 15.4. The van der Waals surface area contributed by atoms with E-state index in [2.05, 4.69) is 26.3 Å². The van der Waals surface area contributed by atoms with Gasteiger partial charge in [-0.3, -0.25) is 0 Å². The molecular formula is C29H34N8O3S. The number of aryl methyl sites for hydroxylation is 1. The third kappa shape index (κ3) is 5.84. The maximum Gasteiger partial charge on any atom is 0.321 e. The van der Waals surface area contributed by atoms with E-state index >= 15 is 0 Å². The predicted molar refractivity (Wildman–Crippen MR) is 160 cm³/mol. The maximum atomic E-state index is 13.7. The predicted octanol–water partition coefficient (Wildman–Crippen LogP) is 4.51. The van der Waals surface area contributed by atoms with Gasteiger partial charge in [0.05, 0.1) is 10.3 Å². The number of urea groups is 1. The Labute approximate surface area is 239 Å². The summed E-state index contributed by atoms with van der Waals surface area (Å²) in [7, 11) is -3.90. The average molecular weight is 575 g/mol. The number of hydrogen-bond donors (Lipinski definition) is 4. The van der Waals surface area contributed by atoms with Gasteiger partial charge in [-0.1, -0.05) is 23.8 Å². The third-order valence-corrected chi connectivity index (χ3v) is 9.17. The summed E-state index contributed by atoms with van der Waals surface area (Å²) in [5.41, 5.74) is 2.55. The quantitative estimate of drug-likeness (QED) is 0.253. The van der Waals surface area contributed by atoms with Crippen LogP contribution in [0, 0.1) is 6.92 Å². The zero-order valence-electron chi connectivity index (χ0n) is 22.9. The molecule has 0 aliphatic carbocycles. The lowest BCUT2D eigenvalue weighted by molar-refractivity contribution is 0.222. The van der Waals surface area contributed by atoms with E-state index in [1.807, 2.05) is 31.2 Å². The second kappa shape index (κ2) is 11.4. The normalized spacial score (nSPS) is 17.5. The van der Waals surface area contributed by atoms with Gasteiger partial charge >= 0.3 is 6.03 Å². The molecule has 12 heteroatoms. The molecule has 4 N–H and O–H groups in total. The van der Waals surface area contributed by atoms with E-state index in [1.165, 1.54) is 10.2 Å². The number of nitrogens with one attached hydrogen (secondary N) is 4. The van der Waals surface area contributed by atoms with Crippen LogP contribution in [0.4, 0.5) is 27.9 Å². The molecule has 2 aliphatic heterocycles. The first-order valence-electron chi connectivity index (χ1n) is 14.0. The topological polar surface area (TPSA) is 133 Å². The van der Waals surface area contributed by atoms with Gasteiger partial charge in [0.1, 0.15) is 5.82 Å². The highest BCUT2D eigenvalue weighted by Crippen LogP contribution is 2.29. The first kappa shape index (κ1) is 27.0. The molecule has 0 saturated carbocycles. The number of likely N-dealkylation sites (tertiary alicyclic amines) is 1. The molecule has 11 nitrogen and oxygen atoms in total. The minimum Gasteiger partial charge on any atom is -0.365 e. The molecule has 2 aromatic heterocycles. The fraction of sp³-hybridized carbons (Fsp3) is 0.345. The fourth-order valence-electron chi connectivity index (χ4n) is 5.27. The van der Waals surface area contributed by atoms with Gasteiger partial charge in [0.15, 0.2) is 5.65 Å². The molecule has 1 atom stereocenters. The molecule has 2 aromatic carbocycles. The number of aromatic nitrogens is 3. The Hall–Kier alpha value is -4.16. The van der Waals surface area contributed by atoms with E-state index in [-0.39, 0.29) is 28.6 Å². The minimum absolute atomic E-state index is 0.121. The van der Waals surface area contributed by atoms with Crippen LogP contribution in [0.1, 0.15) is 31.2 Å². The van der Waals surface area contributed by atoms with Crippen molar-refractivity contribution in [2.24, 2.45) is 0 Å². The van der Waals surface area contributed by atoms with Crippen molar-refractivity contribution in [3.05, 3.63) is 66.4 Å². The average Bonchev–Trinajstić information content (AvgIpc) is 3.66. The Morgan fingerprint density at radius 1 is 1.00 bits per heavy atom. The summed E-state index contributed by atoms with van der Waals surface area (Å²) in [5.74, 6) is 0.799. The number of amides is 2. The molecule has 0 unspecified atom stereocenters. The van der Waals surface area contributed by atoms with Crippen molar-refractivity contribution < 1.29 is 13.2 Å².